The van der Waals surface area contributed by atoms with Crippen molar-refractivity contribution in [1.29, 1.82) is 0 Å². The number of aromatic nitrogens is 2. The SMILES string of the molecule is CCCc1nc(CN2CC(C)C(C(=O)OC)C2)no1. The van der Waals surface area contributed by atoms with Crippen molar-refractivity contribution < 1.29 is 14.1 Å². The van der Waals surface area contributed by atoms with Gasteiger partial charge in [0.15, 0.2) is 5.82 Å². The molecule has 2 unspecified atom stereocenters. The van der Waals surface area contributed by atoms with Gasteiger partial charge in [0.1, 0.15) is 0 Å². The first-order valence-electron chi connectivity index (χ1n) is 6.75. The Kier molecular flexibility index (Phi) is 4.52. The van der Waals surface area contributed by atoms with Gasteiger partial charge in [0.25, 0.3) is 0 Å². The van der Waals surface area contributed by atoms with Gasteiger partial charge in [0.2, 0.25) is 5.89 Å². The van der Waals surface area contributed by atoms with E-state index in [0.717, 1.165) is 19.4 Å². The highest BCUT2D eigenvalue weighted by Gasteiger charge is 2.35. The molecule has 1 aromatic rings. The lowest BCUT2D eigenvalue weighted by atomic mass is 9.99. The molecule has 2 atom stereocenters. The van der Waals surface area contributed by atoms with Crippen molar-refractivity contribution in [1.82, 2.24) is 15.0 Å². The minimum atomic E-state index is -0.130. The maximum atomic E-state index is 11.6. The van der Waals surface area contributed by atoms with E-state index in [1.54, 1.807) is 0 Å². The fraction of sp³-hybridized carbons (Fsp3) is 0.769. The van der Waals surface area contributed by atoms with Crippen LogP contribution in [-0.2, 0) is 22.5 Å². The monoisotopic (exact) mass is 267 g/mol. The van der Waals surface area contributed by atoms with Gasteiger partial charge in [-0.25, -0.2) is 0 Å². The lowest BCUT2D eigenvalue weighted by molar-refractivity contribution is -0.146. The van der Waals surface area contributed by atoms with E-state index >= 15 is 0 Å². The zero-order valence-electron chi connectivity index (χ0n) is 11.8. The zero-order valence-corrected chi connectivity index (χ0v) is 11.8. The summed E-state index contributed by atoms with van der Waals surface area (Å²) in [5.74, 6) is 1.51. The van der Waals surface area contributed by atoms with Gasteiger partial charge in [-0.15, -0.1) is 0 Å². The quantitative estimate of drug-likeness (QED) is 0.748. The Morgan fingerprint density at radius 3 is 3.00 bits per heavy atom. The van der Waals surface area contributed by atoms with Crippen LogP contribution in [0, 0.1) is 11.8 Å². The van der Waals surface area contributed by atoms with Crippen LogP contribution in [0.1, 0.15) is 32.0 Å². The van der Waals surface area contributed by atoms with Crippen molar-refractivity contribution in [2.24, 2.45) is 11.8 Å². The molecule has 106 valence electrons. The highest BCUT2D eigenvalue weighted by atomic mass is 16.5. The minimum absolute atomic E-state index is 0.0491. The fourth-order valence-electron chi connectivity index (χ4n) is 2.52. The fourth-order valence-corrected chi connectivity index (χ4v) is 2.52. The predicted molar refractivity (Wildman–Crippen MR) is 68.2 cm³/mol. The smallest absolute Gasteiger partial charge is 0.310 e. The Hall–Kier alpha value is -1.43. The summed E-state index contributed by atoms with van der Waals surface area (Å²) >= 11 is 0. The molecule has 0 N–H and O–H groups in total. The molecule has 0 aliphatic carbocycles. The number of ether oxygens (including phenoxy) is 1. The average molecular weight is 267 g/mol. The number of carbonyl (C=O) groups is 1. The molecule has 1 saturated heterocycles. The Balaban J connectivity index is 1.91. The molecule has 6 heteroatoms. The highest BCUT2D eigenvalue weighted by Crippen LogP contribution is 2.25. The van der Waals surface area contributed by atoms with Crippen molar-refractivity contribution in [2.45, 2.75) is 33.2 Å². The van der Waals surface area contributed by atoms with Crippen molar-refractivity contribution in [3.8, 4) is 0 Å². The molecule has 19 heavy (non-hydrogen) atoms. The van der Waals surface area contributed by atoms with Gasteiger partial charge in [-0.2, -0.15) is 4.98 Å². The number of carbonyl (C=O) groups excluding carboxylic acids is 1. The molecule has 1 aromatic heterocycles. The zero-order chi connectivity index (χ0) is 13.8. The van der Waals surface area contributed by atoms with Crippen LogP contribution < -0.4 is 0 Å². The van der Waals surface area contributed by atoms with Crippen molar-refractivity contribution in [2.75, 3.05) is 20.2 Å². The van der Waals surface area contributed by atoms with Crippen molar-refractivity contribution in [3.05, 3.63) is 11.7 Å². The molecular formula is C13H21N3O3. The average Bonchev–Trinajstić information content (AvgIpc) is 2.96. The second-order valence-electron chi connectivity index (χ2n) is 5.16. The number of likely N-dealkylation sites (tertiary alicyclic amines) is 1. The molecule has 0 aromatic carbocycles. The Morgan fingerprint density at radius 1 is 1.53 bits per heavy atom. The number of esters is 1. The molecule has 1 aliphatic rings. The summed E-state index contributed by atoms with van der Waals surface area (Å²) in [6.45, 7) is 6.33. The second-order valence-corrected chi connectivity index (χ2v) is 5.16. The van der Waals surface area contributed by atoms with Crippen LogP contribution in [0.4, 0.5) is 0 Å². The third-order valence-electron chi connectivity index (χ3n) is 3.53. The third kappa shape index (κ3) is 3.32. The number of methoxy groups -OCH3 is 1. The van der Waals surface area contributed by atoms with Crippen LogP contribution in [0.15, 0.2) is 4.52 Å². The Bertz CT molecular complexity index is 433. The van der Waals surface area contributed by atoms with Crippen LogP contribution in [0.2, 0.25) is 0 Å². The lowest BCUT2D eigenvalue weighted by Crippen LogP contribution is -2.24. The highest BCUT2D eigenvalue weighted by molar-refractivity contribution is 5.73. The Labute approximate surface area is 113 Å². The molecule has 1 aliphatic heterocycles. The van der Waals surface area contributed by atoms with Gasteiger partial charge in [-0.3, -0.25) is 9.69 Å². The summed E-state index contributed by atoms with van der Waals surface area (Å²) in [6.07, 6.45) is 1.81. The molecule has 2 heterocycles. The van der Waals surface area contributed by atoms with E-state index in [9.17, 15) is 4.79 Å². The third-order valence-corrected chi connectivity index (χ3v) is 3.53. The van der Waals surface area contributed by atoms with E-state index in [0.29, 0.717) is 30.7 Å². The first-order valence-corrected chi connectivity index (χ1v) is 6.75. The van der Waals surface area contributed by atoms with Gasteiger partial charge in [0, 0.05) is 19.5 Å². The summed E-state index contributed by atoms with van der Waals surface area (Å²) in [5.41, 5.74) is 0. The summed E-state index contributed by atoms with van der Waals surface area (Å²) in [5, 5.41) is 3.97. The van der Waals surface area contributed by atoms with Crippen LogP contribution in [0.5, 0.6) is 0 Å². The molecule has 0 amide bonds. The van der Waals surface area contributed by atoms with E-state index in [1.165, 1.54) is 7.11 Å². The number of hydrogen-bond donors (Lipinski definition) is 0. The van der Waals surface area contributed by atoms with E-state index in [2.05, 4.69) is 28.9 Å². The van der Waals surface area contributed by atoms with E-state index in [1.807, 2.05) is 0 Å². The number of aryl methyl sites for hydroxylation is 1. The summed E-state index contributed by atoms with van der Waals surface area (Å²) in [7, 11) is 1.44. The molecule has 6 nitrogen and oxygen atoms in total. The van der Waals surface area contributed by atoms with Gasteiger partial charge in [0.05, 0.1) is 19.6 Å². The maximum absolute atomic E-state index is 11.6. The first-order chi connectivity index (χ1) is 9.13. The van der Waals surface area contributed by atoms with Gasteiger partial charge >= 0.3 is 5.97 Å². The predicted octanol–water partition coefficient (Wildman–Crippen LogP) is 1.26. The molecule has 0 spiro atoms. The molecular weight excluding hydrogens is 246 g/mol. The molecule has 2 rings (SSSR count). The van der Waals surface area contributed by atoms with Crippen LogP contribution in [0.25, 0.3) is 0 Å². The molecule has 0 bridgehead atoms. The molecule has 0 radical (unpaired) electrons. The second kappa shape index (κ2) is 6.14. The van der Waals surface area contributed by atoms with Gasteiger partial charge < -0.3 is 9.26 Å². The van der Waals surface area contributed by atoms with Crippen LogP contribution in [-0.4, -0.2) is 41.2 Å². The van der Waals surface area contributed by atoms with E-state index < -0.39 is 0 Å². The minimum Gasteiger partial charge on any atom is -0.469 e. The number of rotatable bonds is 5. The largest absolute Gasteiger partial charge is 0.469 e. The molecule has 1 fully saturated rings. The van der Waals surface area contributed by atoms with Crippen molar-refractivity contribution in [3.63, 3.8) is 0 Å². The van der Waals surface area contributed by atoms with E-state index in [-0.39, 0.29) is 11.9 Å². The Morgan fingerprint density at radius 2 is 2.32 bits per heavy atom. The standard InChI is InChI=1S/C13H21N3O3/c1-4-5-12-14-11(15-19-12)8-16-6-9(2)10(7-16)13(17)18-3/h9-10H,4-8H2,1-3H3. The normalized spacial score (nSPS) is 23.7. The maximum Gasteiger partial charge on any atom is 0.310 e. The van der Waals surface area contributed by atoms with Gasteiger partial charge in [-0.05, 0) is 12.3 Å². The van der Waals surface area contributed by atoms with Crippen molar-refractivity contribution >= 4 is 5.97 Å². The molecule has 0 saturated carbocycles. The van der Waals surface area contributed by atoms with E-state index in [4.69, 9.17) is 9.26 Å². The summed E-state index contributed by atoms with van der Waals surface area (Å²) < 4.78 is 9.98. The van der Waals surface area contributed by atoms with Gasteiger partial charge in [-0.1, -0.05) is 19.0 Å². The summed E-state index contributed by atoms with van der Waals surface area (Å²) in [6, 6.07) is 0. The summed E-state index contributed by atoms with van der Waals surface area (Å²) in [4.78, 5) is 18.1. The lowest BCUT2D eigenvalue weighted by Gasteiger charge is -2.12. The number of hydrogen-bond acceptors (Lipinski definition) is 6. The first kappa shape index (κ1) is 14.0. The topological polar surface area (TPSA) is 68.5 Å². The van der Waals surface area contributed by atoms with Crippen LogP contribution >= 0.6 is 0 Å². The van der Waals surface area contributed by atoms with Crippen LogP contribution in [0.3, 0.4) is 0 Å². The number of nitrogens with zero attached hydrogens (tertiary/aromatic N) is 3.